The van der Waals surface area contributed by atoms with Gasteiger partial charge in [-0.1, -0.05) is 38.1 Å². The molecule has 2 rings (SSSR count). The summed E-state index contributed by atoms with van der Waals surface area (Å²) in [6.07, 6.45) is 1.05. The molecule has 2 aromatic rings. The summed E-state index contributed by atoms with van der Waals surface area (Å²) in [6, 6.07) is 9.86. The number of nitrogen functional groups attached to an aromatic ring is 1. The zero-order valence-corrected chi connectivity index (χ0v) is 11.8. The molecule has 0 aliphatic heterocycles. The average molecular weight is 275 g/mol. The fraction of sp³-hybridized carbons (Fsp3) is 0.267. The first-order chi connectivity index (χ1) is 8.97. The highest BCUT2D eigenvalue weighted by Gasteiger charge is 2.13. The lowest BCUT2D eigenvalue weighted by molar-refractivity contribution is 0.0698. The lowest BCUT2D eigenvalue weighted by atomic mass is 10.0. The summed E-state index contributed by atoms with van der Waals surface area (Å²) in [5.74, 6) is -0.349. The number of rotatable bonds is 4. The Morgan fingerprint density at radius 3 is 2.42 bits per heavy atom. The van der Waals surface area contributed by atoms with Crippen molar-refractivity contribution in [1.82, 2.24) is 0 Å². The molecule has 0 saturated heterocycles. The van der Waals surface area contributed by atoms with Gasteiger partial charge in [0.05, 0.1) is 5.56 Å². The lowest BCUT2D eigenvalue weighted by Gasteiger charge is -2.05. The van der Waals surface area contributed by atoms with Gasteiger partial charge < -0.3 is 10.8 Å². The second-order valence-corrected chi connectivity index (χ2v) is 6.07. The molecule has 0 radical (unpaired) electrons. The Morgan fingerprint density at radius 2 is 1.95 bits per heavy atom. The first-order valence-electron chi connectivity index (χ1n) is 6.19. The summed E-state index contributed by atoms with van der Waals surface area (Å²) in [7, 11) is 0. The van der Waals surface area contributed by atoms with E-state index in [0.29, 0.717) is 10.9 Å². The van der Waals surface area contributed by atoms with Crippen LogP contribution in [0.15, 0.2) is 30.3 Å². The van der Waals surface area contributed by atoms with E-state index in [4.69, 9.17) is 10.8 Å². The third kappa shape index (κ3) is 3.15. The zero-order chi connectivity index (χ0) is 14.0. The summed E-state index contributed by atoms with van der Waals surface area (Å²) >= 11 is 1.31. The predicted molar refractivity (Wildman–Crippen MR) is 79.7 cm³/mol. The van der Waals surface area contributed by atoms with E-state index < -0.39 is 5.97 Å². The van der Waals surface area contributed by atoms with Gasteiger partial charge in [-0.25, -0.2) is 4.79 Å². The van der Waals surface area contributed by atoms with E-state index in [1.54, 1.807) is 6.07 Å². The minimum atomic E-state index is -0.976. The molecule has 0 bridgehead atoms. The van der Waals surface area contributed by atoms with Crippen molar-refractivity contribution in [3.8, 4) is 10.4 Å². The number of benzene rings is 1. The van der Waals surface area contributed by atoms with Crippen LogP contribution in [0, 0.1) is 5.92 Å². The first-order valence-corrected chi connectivity index (χ1v) is 7.01. The van der Waals surface area contributed by atoms with Crippen LogP contribution < -0.4 is 5.73 Å². The van der Waals surface area contributed by atoms with E-state index in [9.17, 15) is 4.79 Å². The van der Waals surface area contributed by atoms with Crippen LogP contribution in [0.2, 0.25) is 0 Å². The van der Waals surface area contributed by atoms with Crippen LogP contribution in [-0.4, -0.2) is 11.1 Å². The molecule has 0 aliphatic carbocycles. The first kappa shape index (κ1) is 13.6. The number of carbonyl (C=O) groups is 1. The number of nitrogens with two attached hydrogens (primary N) is 1. The molecule has 100 valence electrons. The maximum Gasteiger partial charge on any atom is 0.338 e. The van der Waals surface area contributed by atoms with Gasteiger partial charge in [-0.3, -0.25) is 0 Å². The third-order valence-corrected chi connectivity index (χ3v) is 3.89. The highest BCUT2D eigenvalue weighted by Crippen LogP contribution is 2.33. The number of hydrogen-bond acceptors (Lipinski definition) is 3. The second kappa shape index (κ2) is 5.45. The molecule has 1 heterocycles. The zero-order valence-electron chi connectivity index (χ0n) is 11.0. The van der Waals surface area contributed by atoms with Gasteiger partial charge in [-0.05, 0) is 29.5 Å². The number of carboxylic acids is 1. The monoisotopic (exact) mass is 275 g/mol. The SMILES string of the molecule is CC(C)Cc1ccc(-c2cc(C(=O)O)c(N)s2)cc1. The van der Waals surface area contributed by atoms with Gasteiger partial charge >= 0.3 is 5.97 Å². The third-order valence-electron chi connectivity index (χ3n) is 2.87. The molecule has 0 spiro atoms. The largest absolute Gasteiger partial charge is 0.478 e. The van der Waals surface area contributed by atoms with E-state index in [1.165, 1.54) is 16.9 Å². The summed E-state index contributed by atoms with van der Waals surface area (Å²) in [6.45, 7) is 4.38. The van der Waals surface area contributed by atoms with Crippen LogP contribution in [0.5, 0.6) is 0 Å². The molecule has 4 heteroatoms. The number of thiophene rings is 1. The number of anilines is 1. The minimum absolute atomic E-state index is 0.186. The molecule has 0 amide bonds. The fourth-order valence-electron chi connectivity index (χ4n) is 1.99. The van der Waals surface area contributed by atoms with Gasteiger partial charge in [0, 0.05) is 4.88 Å². The summed E-state index contributed by atoms with van der Waals surface area (Å²) in [5.41, 5.74) is 8.20. The van der Waals surface area contributed by atoms with E-state index in [1.807, 2.05) is 12.1 Å². The Hall–Kier alpha value is -1.81. The topological polar surface area (TPSA) is 63.3 Å². The van der Waals surface area contributed by atoms with Crippen molar-refractivity contribution in [3.05, 3.63) is 41.5 Å². The van der Waals surface area contributed by atoms with Gasteiger partial charge in [0.25, 0.3) is 0 Å². The van der Waals surface area contributed by atoms with Crippen LogP contribution in [0.1, 0.15) is 29.8 Å². The Labute approximate surface area is 116 Å². The lowest BCUT2D eigenvalue weighted by Crippen LogP contribution is -1.97. The quantitative estimate of drug-likeness (QED) is 0.889. The molecule has 1 aromatic heterocycles. The Balaban J connectivity index is 2.27. The van der Waals surface area contributed by atoms with Crippen LogP contribution in [0.25, 0.3) is 10.4 Å². The van der Waals surface area contributed by atoms with Crippen LogP contribution in [0.3, 0.4) is 0 Å². The molecule has 3 nitrogen and oxygen atoms in total. The minimum Gasteiger partial charge on any atom is -0.478 e. The van der Waals surface area contributed by atoms with Gasteiger partial charge in [-0.15, -0.1) is 11.3 Å². The summed E-state index contributed by atoms with van der Waals surface area (Å²) in [4.78, 5) is 11.9. The van der Waals surface area contributed by atoms with Crippen LogP contribution >= 0.6 is 11.3 Å². The van der Waals surface area contributed by atoms with Gasteiger partial charge in [0.2, 0.25) is 0 Å². The van der Waals surface area contributed by atoms with Crippen molar-refractivity contribution >= 4 is 22.3 Å². The maximum atomic E-state index is 11.0. The average Bonchev–Trinajstić information content (AvgIpc) is 2.71. The number of aromatic carboxylic acids is 1. The van der Waals surface area contributed by atoms with Crippen molar-refractivity contribution in [2.24, 2.45) is 5.92 Å². The normalized spacial score (nSPS) is 10.9. The van der Waals surface area contributed by atoms with E-state index >= 15 is 0 Å². The molecular formula is C15H17NO2S. The Bertz CT molecular complexity index is 585. The van der Waals surface area contributed by atoms with Gasteiger partial charge in [0.15, 0.2) is 0 Å². The Morgan fingerprint density at radius 1 is 1.32 bits per heavy atom. The van der Waals surface area contributed by atoms with Crippen LogP contribution in [-0.2, 0) is 6.42 Å². The molecule has 0 atom stereocenters. The van der Waals surface area contributed by atoms with Crippen molar-refractivity contribution in [1.29, 1.82) is 0 Å². The molecule has 1 aromatic carbocycles. The van der Waals surface area contributed by atoms with E-state index in [-0.39, 0.29) is 5.56 Å². The standard InChI is InChI=1S/C15H17NO2S/c1-9(2)7-10-3-5-11(6-4-10)13-8-12(15(17)18)14(16)19-13/h3-6,8-9H,7,16H2,1-2H3,(H,17,18). The van der Waals surface area contributed by atoms with Crippen LogP contribution in [0.4, 0.5) is 5.00 Å². The second-order valence-electron chi connectivity index (χ2n) is 4.99. The molecule has 0 aliphatic rings. The van der Waals surface area contributed by atoms with Gasteiger partial charge in [-0.2, -0.15) is 0 Å². The predicted octanol–water partition coefficient (Wildman–Crippen LogP) is 3.89. The smallest absolute Gasteiger partial charge is 0.338 e. The molecular weight excluding hydrogens is 258 g/mol. The molecule has 0 unspecified atom stereocenters. The molecule has 3 N–H and O–H groups in total. The number of carboxylic acid groups (broad SMARTS) is 1. The van der Waals surface area contributed by atoms with Crippen molar-refractivity contribution in [2.45, 2.75) is 20.3 Å². The van der Waals surface area contributed by atoms with E-state index in [0.717, 1.165) is 16.9 Å². The fourth-order valence-corrected chi connectivity index (χ4v) is 2.91. The number of hydrogen-bond donors (Lipinski definition) is 2. The molecule has 19 heavy (non-hydrogen) atoms. The van der Waals surface area contributed by atoms with Crippen molar-refractivity contribution in [3.63, 3.8) is 0 Å². The highest BCUT2D eigenvalue weighted by atomic mass is 32.1. The summed E-state index contributed by atoms with van der Waals surface area (Å²) in [5, 5.41) is 9.35. The maximum absolute atomic E-state index is 11.0. The van der Waals surface area contributed by atoms with Crippen molar-refractivity contribution in [2.75, 3.05) is 5.73 Å². The highest BCUT2D eigenvalue weighted by molar-refractivity contribution is 7.19. The van der Waals surface area contributed by atoms with Gasteiger partial charge in [0.1, 0.15) is 5.00 Å². The molecule has 0 fully saturated rings. The van der Waals surface area contributed by atoms with E-state index in [2.05, 4.69) is 26.0 Å². The molecule has 0 saturated carbocycles. The summed E-state index contributed by atoms with van der Waals surface area (Å²) < 4.78 is 0. The van der Waals surface area contributed by atoms with Crippen molar-refractivity contribution < 1.29 is 9.90 Å². The Kier molecular flexibility index (Phi) is 3.90.